The number of benzene rings is 2. The maximum absolute atomic E-state index is 12.8. The van der Waals surface area contributed by atoms with E-state index >= 15 is 0 Å². The first-order chi connectivity index (χ1) is 13.6. The van der Waals surface area contributed by atoms with E-state index in [1.165, 1.54) is 0 Å². The molecule has 0 radical (unpaired) electrons. The van der Waals surface area contributed by atoms with Crippen LogP contribution in [0, 0.1) is 0 Å². The molecule has 1 unspecified atom stereocenters. The maximum atomic E-state index is 12.8. The number of aliphatic hydroxyl groups is 1. The van der Waals surface area contributed by atoms with Gasteiger partial charge in [0.15, 0.2) is 0 Å². The molecule has 0 aliphatic carbocycles. The van der Waals surface area contributed by atoms with Crippen molar-refractivity contribution >= 4 is 5.97 Å². The van der Waals surface area contributed by atoms with Crippen LogP contribution >= 0.6 is 0 Å². The number of nitrogens with one attached hydrogen (secondary N) is 1. The molecule has 29 heavy (non-hydrogen) atoms. The number of hydrogen-bond donors (Lipinski definition) is 2. The van der Waals surface area contributed by atoms with Crippen molar-refractivity contribution < 1.29 is 24.1 Å². The molecule has 0 saturated heterocycles. The van der Waals surface area contributed by atoms with E-state index < -0.39 is 23.7 Å². The van der Waals surface area contributed by atoms with Gasteiger partial charge >= 0.3 is 5.97 Å². The highest BCUT2D eigenvalue weighted by Crippen LogP contribution is 2.29. The van der Waals surface area contributed by atoms with Crippen LogP contribution < -0.4 is 14.8 Å². The smallest absolute Gasteiger partial charge is 0.328 e. The van der Waals surface area contributed by atoms with Crippen LogP contribution in [0.1, 0.15) is 44.9 Å². The normalized spacial score (nSPS) is 13.7. The Morgan fingerprint density at radius 3 is 1.62 bits per heavy atom. The van der Waals surface area contributed by atoms with Gasteiger partial charge in [-0.15, -0.1) is 0 Å². The van der Waals surface area contributed by atoms with Crippen LogP contribution in [-0.4, -0.2) is 43.0 Å². The van der Waals surface area contributed by atoms with Gasteiger partial charge in [0, 0.05) is 0 Å². The number of ether oxygens (including phenoxy) is 3. The van der Waals surface area contributed by atoms with Gasteiger partial charge in [-0.05, 0) is 63.1 Å². The van der Waals surface area contributed by atoms with Crippen molar-refractivity contribution in [2.45, 2.75) is 44.9 Å². The molecule has 2 aromatic rings. The second-order valence-corrected chi connectivity index (χ2v) is 8.12. The molecular formula is C23H31NO5. The van der Waals surface area contributed by atoms with Crippen molar-refractivity contribution in [1.82, 2.24) is 5.32 Å². The summed E-state index contributed by atoms with van der Waals surface area (Å²) >= 11 is 0. The lowest BCUT2D eigenvalue weighted by atomic mass is 9.93. The van der Waals surface area contributed by atoms with Crippen molar-refractivity contribution in [3.8, 4) is 11.5 Å². The highest BCUT2D eigenvalue weighted by atomic mass is 16.6. The Morgan fingerprint density at radius 1 is 0.897 bits per heavy atom. The predicted molar refractivity (Wildman–Crippen MR) is 112 cm³/mol. The first-order valence-electron chi connectivity index (χ1n) is 9.52. The summed E-state index contributed by atoms with van der Waals surface area (Å²) in [5.74, 6) is 0.957. The summed E-state index contributed by atoms with van der Waals surface area (Å²) in [4.78, 5) is 12.8. The molecule has 0 aromatic heterocycles. The van der Waals surface area contributed by atoms with E-state index in [2.05, 4.69) is 5.32 Å². The average molecular weight is 402 g/mol. The van der Waals surface area contributed by atoms with Crippen molar-refractivity contribution in [2.24, 2.45) is 0 Å². The molecule has 6 heteroatoms. The number of rotatable bonds is 8. The number of methoxy groups -OCH3 is 2. The second kappa shape index (κ2) is 9.29. The molecule has 0 saturated carbocycles. The molecule has 0 aliphatic heterocycles. The van der Waals surface area contributed by atoms with Crippen molar-refractivity contribution in [2.75, 3.05) is 20.8 Å². The van der Waals surface area contributed by atoms with Gasteiger partial charge in [-0.25, -0.2) is 4.79 Å². The van der Waals surface area contributed by atoms with E-state index in [9.17, 15) is 9.90 Å². The molecule has 158 valence electrons. The number of carbonyl (C=O) groups excluding carboxylic acids is 1. The quantitative estimate of drug-likeness (QED) is 0.660. The lowest BCUT2D eigenvalue weighted by Gasteiger charge is -2.34. The highest BCUT2D eigenvalue weighted by molar-refractivity contribution is 5.81. The Kier molecular flexibility index (Phi) is 7.27. The third-order valence-corrected chi connectivity index (χ3v) is 4.53. The molecule has 1 atom stereocenters. The average Bonchev–Trinajstić information content (AvgIpc) is 2.71. The minimum absolute atomic E-state index is 0.364. The topological polar surface area (TPSA) is 77.0 Å². The number of hydrogen-bond acceptors (Lipinski definition) is 6. The fourth-order valence-corrected chi connectivity index (χ4v) is 2.83. The highest BCUT2D eigenvalue weighted by Gasteiger charge is 2.39. The molecule has 2 N–H and O–H groups in total. The Labute approximate surface area is 172 Å². The summed E-state index contributed by atoms with van der Waals surface area (Å²) in [5.41, 5.74) is -0.124. The van der Waals surface area contributed by atoms with Crippen molar-refractivity contribution in [3.05, 3.63) is 59.7 Å². The van der Waals surface area contributed by atoms with Gasteiger partial charge in [0.25, 0.3) is 0 Å². The van der Waals surface area contributed by atoms with Crippen LogP contribution in [0.5, 0.6) is 11.5 Å². The van der Waals surface area contributed by atoms with Crippen LogP contribution in [0.3, 0.4) is 0 Å². The lowest BCUT2D eigenvalue weighted by Crippen LogP contribution is -2.56. The maximum Gasteiger partial charge on any atom is 0.328 e. The summed E-state index contributed by atoms with van der Waals surface area (Å²) < 4.78 is 16.0. The van der Waals surface area contributed by atoms with E-state index in [1.807, 2.05) is 48.5 Å². The van der Waals surface area contributed by atoms with Crippen LogP contribution in [0.2, 0.25) is 0 Å². The number of carbonyl (C=O) groups is 1. The number of esters is 1. The number of aliphatic hydroxyl groups excluding tert-OH is 1. The fraction of sp³-hybridized carbons (Fsp3) is 0.435. The summed E-state index contributed by atoms with van der Waals surface area (Å²) in [6, 6.07) is 14.8. The molecule has 0 aliphatic rings. The van der Waals surface area contributed by atoms with Crippen molar-refractivity contribution in [3.63, 3.8) is 0 Å². The van der Waals surface area contributed by atoms with E-state index in [-0.39, 0.29) is 6.04 Å². The van der Waals surface area contributed by atoms with Gasteiger partial charge in [0.05, 0.1) is 26.9 Å². The third-order valence-electron chi connectivity index (χ3n) is 4.53. The predicted octanol–water partition coefficient (Wildman–Crippen LogP) is 3.48. The van der Waals surface area contributed by atoms with Gasteiger partial charge in [-0.1, -0.05) is 24.3 Å². The standard InChI is InChI=1S/C23H31NO5/c1-22(2,3)29-21(26)23(4,15-25)24-20(16-7-11-18(27-5)12-8-16)17-9-13-19(28-6)14-10-17/h7-14,20,24-25H,15H2,1-6H3. The molecule has 2 aromatic carbocycles. The Morgan fingerprint density at radius 2 is 1.31 bits per heavy atom. The Hall–Kier alpha value is -2.57. The van der Waals surface area contributed by atoms with Gasteiger partial charge in [-0.3, -0.25) is 5.32 Å². The Balaban J connectivity index is 2.43. The lowest BCUT2D eigenvalue weighted by molar-refractivity contribution is -0.164. The van der Waals surface area contributed by atoms with E-state index in [4.69, 9.17) is 14.2 Å². The molecular weight excluding hydrogens is 370 g/mol. The zero-order valence-electron chi connectivity index (χ0n) is 18.0. The molecule has 0 fully saturated rings. The summed E-state index contributed by atoms with van der Waals surface area (Å²) in [6.07, 6.45) is 0. The third kappa shape index (κ3) is 5.95. The first-order valence-corrected chi connectivity index (χ1v) is 9.52. The van der Waals surface area contributed by atoms with E-state index in [0.29, 0.717) is 0 Å². The molecule has 0 amide bonds. The van der Waals surface area contributed by atoms with Crippen LogP contribution in [0.15, 0.2) is 48.5 Å². The zero-order valence-corrected chi connectivity index (χ0v) is 18.0. The molecule has 0 bridgehead atoms. The second-order valence-electron chi connectivity index (χ2n) is 8.12. The van der Waals surface area contributed by atoms with Crippen LogP contribution in [-0.2, 0) is 9.53 Å². The SMILES string of the molecule is COc1ccc(C(NC(C)(CO)C(=O)OC(C)(C)C)c2ccc(OC)cc2)cc1. The van der Waals surface area contributed by atoms with Gasteiger partial charge < -0.3 is 19.3 Å². The minimum atomic E-state index is -1.29. The summed E-state index contributed by atoms with van der Waals surface area (Å²) in [6.45, 7) is 6.62. The molecule has 6 nitrogen and oxygen atoms in total. The minimum Gasteiger partial charge on any atom is -0.497 e. The van der Waals surface area contributed by atoms with Crippen molar-refractivity contribution in [1.29, 1.82) is 0 Å². The molecule has 0 heterocycles. The van der Waals surface area contributed by atoms with Crippen LogP contribution in [0.4, 0.5) is 0 Å². The van der Waals surface area contributed by atoms with Crippen LogP contribution in [0.25, 0.3) is 0 Å². The summed E-state index contributed by atoms with van der Waals surface area (Å²) in [5, 5.41) is 13.4. The van der Waals surface area contributed by atoms with Gasteiger partial charge in [0.2, 0.25) is 0 Å². The Bertz CT molecular complexity index is 748. The van der Waals surface area contributed by atoms with E-state index in [1.54, 1.807) is 41.9 Å². The van der Waals surface area contributed by atoms with Gasteiger partial charge in [0.1, 0.15) is 22.6 Å². The molecule has 0 spiro atoms. The summed E-state index contributed by atoms with van der Waals surface area (Å²) in [7, 11) is 3.22. The van der Waals surface area contributed by atoms with Gasteiger partial charge in [-0.2, -0.15) is 0 Å². The van der Waals surface area contributed by atoms with E-state index in [0.717, 1.165) is 22.6 Å². The fourth-order valence-electron chi connectivity index (χ4n) is 2.83. The largest absolute Gasteiger partial charge is 0.497 e. The monoisotopic (exact) mass is 401 g/mol. The molecule has 2 rings (SSSR count). The first kappa shape index (κ1) is 22.7. The zero-order chi connectivity index (χ0) is 21.7.